The second-order valence-corrected chi connectivity index (χ2v) is 4.68. The third kappa shape index (κ3) is 3.54. The number of ether oxygens (including phenoxy) is 1. The van der Waals surface area contributed by atoms with Crippen molar-refractivity contribution in [3.05, 3.63) is 35.6 Å². The molecule has 5 nitrogen and oxygen atoms in total. The maximum absolute atomic E-state index is 13.4. The molecule has 1 heterocycles. The summed E-state index contributed by atoms with van der Waals surface area (Å²) in [5.41, 5.74) is -0.0596. The molecule has 0 unspecified atom stereocenters. The van der Waals surface area contributed by atoms with Gasteiger partial charge in [-0.15, -0.1) is 0 Å². The summed E-state index contributed by atoms with van der Waals surface area (Å²) in [4.78, 5) is 25.3. The molecule has 1 atom stereocenters. The maximum Gasteiger partial charge on any atom is 0.254 e. The summed E-state index contributed by atoms with van der Waals surface area (Å²) < 4.78 is 18.7. The van der Waals surface area contributed by atoms with Crippen LogP contribution in [0.15, 0.2) is 24.3 Å². The Kier molecular flexibility index (Phi) is 4.68. The van der Waals surface area contributed by atoms with Crippen LogP contribution in [0.2, 0.25) is 0 Å². The van der Waals surface area contributed by atoms with Crippen LogP contribution in [0.3, 0.4) is 0 Å². The van der Waals surface area contributed by atoms with Crippen LogP contribution in [0.5, 0.6) is 0 Å². The van der Waals surface area contributed by atoms with Gasteiger partial charge in [0.15, 0.2) is 0 Å². The first-order chi connectivity index (χ1) is 9.58. The molecule has 0 bridgehead atoms. The largest absolute Gasteiger partial charge is 0.375 e. The lowest BCUT2D eigenvalue weighted by atomic mass is 10.2. The van der Waals surface area contributed by atoms with Crippen molar-refractivity contribution < 1.29 is 18.7 Å². The number of amides is 2. The fourth-order valence-corrected chi connectivity index (χ4v) is 2.05. The molecule has 6 heteroatoms. The molecule has 1 aromatic carbocycles. The lowest BCUT2D eigenvalue weighted by Gasteiger charge is -2.31. The highest BCUT2D eigenvalue weighted by molar-refractivity contribution is 5.96. The van der Waals surface area contributed by atoms with E-state index in [0.29, 0.717) is 19.7 Å². The van der Waals surface area contributed by atoms with Gasteiger partial charge in [0, 0.05) is 13.1 Å². The zero-order valence-electron chi connectivity index (χ0n) is 11.3. The number of rotatable bonds is 3. The molecule has 0 spiro atoms. The second kappa shape index (κ2) is 6.47. The van der Waals surface area contributed by atoms with E-state index < -0.39 is 11.7 Å². The van der Waals surface area contributed by atoms with Crippen molar-refractivity contribution in [2.45, 2.75) is 13.0 Å². The van der Waals surface area contributed by atoms with E-state index in [0.717, 1.165) is 0 Å². The van der Waals surface area contributed by atoms with Gasteiger partial charge in [-0.2, -0.15) is 0 Å². The molecule has 2 amide bonds. The van der Waals surface area contributed by atoms with Gasteiger partial charge in [0.1, 0.15) is 5.82 Å². The van der Waals surface area contributed by atoms with E-state index in [1.165, 1.54) is 18.2 Å². The van der Waals surface area contributed by atoms with Gasteiger partial charge in [-0.3, -0.25) is 9.59 Å². The highest BCUT2D eigenvalue weighted by Crippen LogP contribution is 2.06. The zero-order valence-corrected chi connectivity index (χ0v) is 11.3. The smallest absolute Gasteiger partial charge is 0.254 e. The molecular formula is C14H17FN2O3. The minimum absolute atomic E-state index is 0.00466. The topological polar surface area (TPSA) is 58.6 Å². The van der Waals surface area contributed by atoms with Crippen molar-refractivity contribution >= 4 is 11.8 Å². The third-order valence-electron chi connectivity index (χ3n) is 3.11. The molecule has 0 radical (unpaired) electrons. The van der Waals surface area contributed by atoms with Crippen LogP contribution in [0.25, 0.3) is 0 Å². The molecular weight excluding hydrogens is 263 g/mol. The summed E-state index contributed by atoms with van der Waals surface area (Å²) in [5.74, 6) is -1.37. The van der Waals surface area contributed by atoms with Crippen molar-refractivity contribution in [1.29, 1.82) is 0 Å². The minimum atomic E-state index is -0.600. The number of carbonyl (C=O) groups excluding carboxylic acids is 2. The van der Waals surface area contributed by atoms with Crippen molar-refractivity contribution in [2.24, 2.45) is 0 Å². The average Bonchev–Trinajstić information content (AvgIpc) is 2.45. The van der Waals surface area contributed by atoms with Crippen molar-refractivity contribution in [3.63, 3.8) is 0 Å². The van der Waals surface area contributed by atoms with E-state index >= 15 is 0 Å². The lowest BCUT2D eigenvalue weighted by molar-refractivity contribution is -0.137. The Morgan fingerprint density at radius 2 is 2.20 bits per heavy atom. The van der Waals surface area contributed by atoms with Crippen molar-refractivity contribution in [1.82, 2.24) is 10.2 Å². The Bertz CT molecular complexity index is 507. The molecule has 2 rings (SSSR count). The molecule has 1 aromatic rings. The van der Waals surface area contributed by atoms with E-state index in [-0.39, 0.29) is 24.1 Å². The summed E-state index contributed by atoms with van der Waals surface area (Å²) in [5, 5.41) is 2.44. The predicted octanol–water partition coefficient (Wildman–Crippen LogP) is 0.803. The summed E-state index contributed by atoms with van der Waals surface area (Å²) in [6, 6.07) is 5.67. The van der Waals surface area contributed by atoms with E-state index in [9.17, 15) is 14.0 Å². The van der Waals surface area contributed by atoms with Crippen LogP contribution < -0.4 is 5.32 Å². The van der Waals surface area contributed by atoms with Crippen LogP contribution in [-0.2, 0) is 9.53 Å². The zero-order chi connectivity index (χ0) is 14.5. The van der Waals surface area contributed by atoms with E-state index in [4.69, 9.17) is 4.74 Å². The second-order valence-electron chi connectivity index (χ2n) is 4.68. The fraction of sp³-hybridized carbons (Fsp3) is 0.429. The molecule has 20 heavy (non-hydrogen) atoms. The van der Waals surface area contributed by atoms with Crippen LogP contribution in [0.1, 0.15) is 17.3 Å². The van der Waals surface area contributed by atoms with Gasteiger partial charge in [-0.25, -0.2) is 4.39 Å². The minimum Gasteiger partial charge on any atom is -0.375 e. The van der Waals surface area contributed by atoms with Crippen LogP contribution in [0, 0.1) is 5.82 Å². The molecule has 0 saturated carbocycles. The number of halogens is 1. The summed E-state index contributed by atoms with van der Waals surface area (Å²) in [7, 11) is 0. The summed E-state index contributed by atoms with van der Waals surface area (Å²) in [6.45, 7) is 3.26. The van der Waals surface area contributed by atoms with Gasteiger partial charge in [-0.1, -0.05) is 12.1 Å². The number of hydrogen-bond donors (Lipinski definition) is 1. The van der Waals surface area contributed by atoms with E-state index in [1.807, 2.05) is 6.92 Å². The summed E-state index contributed by atoms with van der Waals surface area (Å²) >= 11 is 0. The molecule has 1 fully saturated rings. The average molecular weight is 280 g/mol. The maximum atomic E-state index is 13.4. The first-order valence-electron chi connectivity index (χ1n) is 6.50. The monoisotopic (exact) mass is 280 g/mol. The Morgan fingerprint density at radius 1 is 1.45 bits per heavy atom. The Labute approximate surface area is 116 Å². The quantitative estimate of drug-likeness (QED) is 0.891. The summed E-state index contributed by atoms with van der Waals surface area (Å²) in [6.07, 6.45) is -0.00466. The third-order valence-corrected chi connectivity index (χ3v) is 3.11. The molecule has 0 aliphatic carbocycles. The van der Waals surface area contributed by atoms with Crippen LogP contribution in [-0.4, -0.2) is 49.1 Å². The SMILES string of the molecule is C[C@@H]1CN(C(=O)CNC(=O)c2ccccc2F)CCO1. The van der Waals surface area contributed by atoms with Gasteiger partial charge in [0.25, 0.3) is 5.91 Å². The molecule has 108 valence electrons. The number of nitrogens with zero attached hydrogens (tertiary/aromatic N) is 1. The van der Waals surface area contributed by atoms with Crippen LogP contribution >= 0.6 is 0 Å². The number of morpholine rings is 1. The van der Waals surface area contributed by atoms with Crippen molar-refractivity contribution in [2.75, 3.05) is 26.2 Å². The lowest BCUT2D eigenvalue weighted by Crippen LogP contribution is -2.48. The number of hydrogen-bond acceptors (Lipinski definition) is 3. The van der Waals surface area contributed by atoms with Gasteiger partial charge in [0.05, 0.1) is 24.8 Å². The molecule has 1 N–H and O–H groups in total. The van der Waals surface area contributed by atoms with E-state index in [1.54, 1.807) is 11.0 Å². The standard InChI is InChI=1S/C14H17FN2O3/c1-10-9-17(6-7-20-10)13(18)8-16-14(19)11-4-2-3-5-12(11)15/h2-5,10H,6-9H2,1H3,(H,16,19)/t10-/m1/s1. The van der Waals surface area contributed by atoms with Crippen molar-refractivity contribution in [3.8, 4) is 0 Å². The Balaban J connectivity index is 1.87. The van der Waals surface area contributed by atoms with Gasteiger partial charge >= 0.3 is 0 Å². The number of nitrogens with one attached hydrogen (secondary N) is 1. The molecule has 1 aliphatic rings. The first kappa shape index (κ1) is 14.5. The van der Waals surface area contributed by atoms with E-state index in [2.05, 4.69) is 5.32 Å². The first-order valence-corrected chi connectivity index (χ1v) is 6.50. The van der Waals surface area contributed by atoms with Gasteiger partial charge in [0.2, 0.25) is 5.91 Å². The number of benzene rings is 1. The Hall–Kier alpha value is -1.95. The highest BCUT2D eigenvalue weighted by atomic mass is 19.1. The van der Waals surface area contributed by atoms with Gasteiger partial charge < -0.3 is 15.0 Å². The Morgan fingerprint density at radius 3 is 2.90 bits per heavy atom. The number of carbonyl (C=O) groups is 2. The molecule has 1 aliphatic heterocycles. The predicted molar refractivity (Wildman–Crippen MR) is 70.7 cm³/mol. The highest BCUT2D eigenvalue weighted by Gasteiger charge is 2.22. The molecule has 1 saturated heterocycles. The molecule has 0 aromatic heterocycles. The normalized spacial score (nSPS) is 18.7. The van der Waals surface area contributed by atoms with Crippen LogP contribution in [0.4, 0.5) is 4.39 Å². The fourth-order valence-electron chi connectivity index (χ4n) is 2.05. The van der Waals surface area contributed by atoms with Gasteiger partial charge in [-0.05, 0) is 19.1 Å².